The molecule has 1 aromatic rings. The van der Waals surface area contributed by atoms with Crippen LogP contribution in [0.1, 0.15) is 13.8 Å². The summed E-state index contributed by atoms with van der Waals surface area (Å²) >= 11 is 0. The lowest BCUT2D eigenvalue weighted by atomic mass is 10.1. The molecular formula is C12H16FNO6S2. The van der Waals surface area contributed by atoms with Crippen LogP contribution in [0, 0.1) is 11.7 Å². The quantitative estimate of drug-likeness (QED) is 0.774. The highest BCUT2D eigenvalue weighted by Gasteiger charge is 2.29. The van der Waals surface area contributed by atoms with E-state index in [9.17, 15) is 26.0 Å². The van der Waals surface area contributed by atoms with E-state index >= 15 is 0 Å². The number of hydrogen-bond acceptors (Lipinski definition) is 5. The number of nitrogens with one attached hydrogen (secondary N) is 1. The Balaban J connectivity index is 3.25. The second kappa shape index (κ2) is 6.31. The Labute approximate surface area is 128 Å². The van der Waals surface area contributed by atoms with Crippen LogP contribution in [-0.2, 0) is 24.7 Å². The predicted molar refractivity (Wildman–Crippen MR) is 76.1 cm³/mol. The summed E-state index contributed by atoms with van der Waals surface area (Å²) < 4.78 is 62.4. The molecule has 2 N–H and O–H groups in total. The molecule has 0 fully saturated rings. The number of rotatable bonds is 6. The van der Waals surface area contributed by atoms with Gasteiger partial charge in [-0.3, -0.25) is 4.79 Å². The third-order valence-electron chi connectivity index (χ3n) is 2.83. The van der Waals surface area contributed by atoms with E-state index in [1.54, 1.807) is 0 Å². The molecule has 0 saturated heterocycles. The molecule has 0 aliphatic carbocycles. The van der Waals surface area contributed by atoms with Crippen LogP contribution in [0.3, 0.4) is 0 Å². The topological polar surface area (TPSA) is 118 Å². The van der Waals surface area contributed by atoms with E-state index in [2.05, 4.69) is 0 Å². The molecule has 124 valence electrons. The molecule has 0 aliphatic heterocycles. The van der Waals surface area contributed by atoms with E-state index < -0.39 is 53.4 Å². The molecule has 0 saturated carbocycles. The van der Waals surface area contributed by atoms with Gasteiger partial charge in [0.1, 0.15) is 16.8 Å². The van der Waals surface area contributed by atoms with Gasteiger partial charge in [-0.1, -0.05) is 13.8 Å². The third kappa shape index (κ3) is 4.24. The highest BCUT2D eigenvalue weighted by Crippen LogP contribution is 2.19. The number of sulfone groups is 1. The zero-order valence-corrected chi connectivity index (χ0v) is 13.7. The van der Waals surface area contributed by atoms with E-state index in [4.69, 9.17) is 5.11 Å². The summed E-state index contributed by atoms with van der Waals surface area (Å²) in [6, 6.07) is 0.881. The average Bonchev–Trinajstić information content (AvgIpc) is 2.33. The van der Waals surface area contributed by atoms with Gasteiger partial charge in [0.05, 0.1) is 4.90 Å². The normalized spacial score (nSPS) is 14.0. The van der Waals surface area contributed by atoms with Crippen molar-refractivity contribution in [3.8, 4) is 0 Å². The number of carboxylic acid groups (broad SMARTS) is 1. The number of carbonyl (C=O) groups is 1. The zero-order chi connectivity index (χ0) is 17.3. The maximum Gasteiger partial charge on any atom is 0.322 e. The molecule has 1 aromatic carbocycles. The molecule has 7 nitrogen and oxygen atoms in total. The fourth-order valence-electron chi connectivity index (χ4n) is 1.66. The molecule has 10 heteroatoms. The Kier molecular flexibility index (Phi) is 5.31. The van der Waals surface area contributed by atoms with E-state index in [0.717, 1.165) is 18.4 Å². The van der Waals surface area contributed by atoms with Crippen molar-refractivity contribution in [2.24, 2.45) is 5.92 Å². The summed E-state index contributed by atoms with van der Waals surface area (Å²) in [6.07, 6.45) is 0.789. The summed E-state index contributed by atoms with van der Waals surface area (Å²) in [5.74, 6) is -3.12. The van der Waals surface area contributed by atoms with Gasteiger partial charge in [-0.25, -0.2) is 21.2 Å². The molecule has 1 rings (SSSR count). The molecular weight excluding hydrogens is 337 g/mol. The second-order valence-corrected chi connectivity index (χ2v) is 8.74. The Morgan fingerprint density at radius 1 is 1.23 bits per heavy atom. The van der Waals surface area contributed by atoms with Crippen molar-refractivity contribution >= 4 is 25.8 Å². The van der Waals surface area contributed by atoms with Crippen molar-refractivity contribution < 1.29 is 31.1 Å². The molecule has 0 bridgehead atoms. The summed E-state index contributed by atoms with van der Waals surface area (Å²) in [5, 5.41) is 8.98. The molecule has 0 heterocycles. The molecule has 0 aliphatic rings. The molecule has 0 spiro atoms. The van der Waals surface area contributed by atoms with Crippen LogP contribution in [-0.4, -0.2) is 40.2 Å². The first-order valence-electron chi connectivity index (χ1n) is 6.11. The minimum absolute atomic E-state index is 0.535. The molecule has 1 atom stereocenters. The van der Waals surface area contributed by atoms with Crippen molar-refractivity contribution in [2.75, 3.05) is 6.26 Å². The van der Waals surface area contributed by atoms with Gasteiger partial charge in [0.2, 0.25) is 10.0 Å². The van der Waals surface area contributed by atoms with E-state index in [-0.39, 0.29) is 0 Å². The van der Waals surface area contributed by atoms with Crippen LogP contribution in [0.2, 0.25) is 0 Å². The maximum atomic E-state index is 13.7. The minimum atomic E-state index is -4.30. The monoisotopic (exact) mass is 353 g/mol. The molecule has 0 radical (unpaired) electrons. The number of carboxylic acids is 1. The van der Waals surface area contributed by atoms with Crippen molar-refractivity contribution in [3.63, 3.8) is 0 Å². The van der Waals surface area contributed by atoms with Gasteiger partial charge >= 0.3 is 5.97 Å². The SMILES string of the molecule is CC(C)[C@@H](NS(=O)(=O)c1ccc(S(C)(=O)=O)c(F)c1)C(=O)O. The van der Waals surface area contributed by atoms with Crippen LogP contribution >= 0.6 is 0 Å². The van der Waals surface area contributed by atoms with Crippen molar-refractivity contribution in [1.82, 2.24) is 4.72 Å². The lowest BCUT2D eigenvalue weighted by Crippen LogP contribution is -2.44. The summed E-state index contributed by atoms with van der Waals surface area (Å²) in [4.78, 5) is 9.84. The van der Waals surface area contributed by atoms with Crippen LogP contribution in [0.15, 0.2) is 28.0 Å². The standard InChI is InChI=1S/C12H16FNO6S2/c1-7(2)11(12(15)16)14-22(19,20)8-4-5-10(9(13)6-8)21(3,17)18/h4-7,11,14H,1-3H3,(H,15,16)/t11-/m1/s1. The van der Waals surface area contributed by atoms with E-state index in [0.29, 0.717) is 6.07 Å². The average molecular weight is 353 g/mol. The predicted octanol–water partition coefficient (Wildman–Crippen LogP) is 0.617. The van der Waals surface area contributed by atoms with Crippen LogP contribution in [0.4, 0.5) is 4.39 Å². The van der Waals surface area contributed by atoms with Crippen LogP contribution < -0.4 is 4.72 Å². The van der Waals surface area contributed by atoms with Crippen molar-refractivity contribution in [2.45, 2.75) is 29.7 Å². The van der Waals surface area contributed by atoms with Crippen molar-refractivity contribution in [1.29, 1.82) is 0 Å². The number of benzene rings is 1. The fourth-order valence-corrected chi connectivity index (χ4v) is 3.73. The lowest BCUT2D eigenvalue weighted by Gasteiger charge is -2.18. The number of hydrogen-bond donors (Lipinski definition) is 2. The Bertz CT molecular complexity index is 786. The van der Waals surface area contributed by atoms with Gasteiger partial charge in [-0.2, -0.15) is 4.72 Å². The molecule has 0 aromatic heterocycles. The fraction of sp³-hybridized carbons (Fsp3) is 0.417. The molecule has 22 heavy (non-hydrogen) atoms. The lowest BCUT2D eigenvalue weighted by molar-refractivity contribution is -0.140. The Morgan fingerprint density at radius 2 is 1.77 bits per heavy atom. The van der Waals surface area contributed by atoms with Gasteiger partial charge in [0.15, 0.2) is 9.84 Å². The Hall–Kier alpha value is -1.52. The first-order valence-corrected chi connectivity index (χ1v) is 9.48. The molecule has 0 amide bonds. The molecule has 0 unspecified atom stereocenters. The third-order valence-corrected chi connectivity index (χ3v) is 5.40. The summed E-state index contributed by atoms with van der Waals surface area (Å²) in [6.45, 7) is 3.02. The minimum Gasteiger partial charge on any atom is -0.480 e. The zero-order valence-electron chi connectivity index (χ0n) is 12.1. The largest absolute Gasteiger partial charge is 0.480 e. The number of aliphatic carboxylic acids is 1. The summed E-state index contributed by atoms with van der Waals surface area (Å²) in [7, 11) is -8.13. The van der Waals surface area contributed by atoms with Gasteiger partial charge < -0.3 is 5.11 Å². The van der Waals surface area contributed by atoms with Crippen molar-refractivity contribution in [3.05, 3.63) is 24.0 Å². The van der Waals surface area contributed by atoms with Gasteiger partial charge in [-0.15, -0.1) is 0 Å². The highest BCUT2D eigenvalue weighted by atomic mass is 32.2. The summed E-state index contributed by atoms with van der Waals surface area (Å²) in [5.41, 5.74) is 0. The Morgan fingerprint density at radius 3 is 2.14 bits per heavy atom. The van der Waals surface area contributed by atoms with E-state index in [1.807, 2.05) is 4.72 Å². The number of sulfonamides is 1. The first-order chi connectivity index (χ1) is 9.86. The maximum absolute atomic E-state index is 13.7. The first kappa shape index (κ1) is 18.5. The highest BCUT2D eigenvalue weighted by molar-refractivity contribution is 7.90. The smallest absolute Gasteiger partial charge is 0.322 e. The van der Waals surface area contributed by atoms with Gasteiger partial charge in [-0.05, 0) is 24.1 Å². The van der Waals surface area contributed by atoms with Gasteiger partial charge in [0.25, 0.3) is 0 Å². The number of halogens is 1. The van der Waals surface area contributed by atoms with Crippen LogP contribution in [0.5, 0.6) is 0 Å². The van der Waals surface area contributed by atoms with Gasteiger partial charge in [0, 0.05) is 6.26 Å². The van der Waals surface area contributed by atoms with E-state index in [1.165, 1.54) is 13.8 Å². The van der Waals surface area contributed by atoms with Crippen LogP contribution in [0.25, 0.3) is 0 Å². The second-order valence-electron chi connectivity index (χ2n) is 5.05.